The monoisotopic (exact) mass is 362 g/mol. The molecular weight excluding hydrogens is 335 g/mol. The zero-order chi connectivity index (χ0) is 17.1. The normalized spacial score (nSPS) is 13.0. The minimum Gasteiger partial charge on any atom is -0.315 e. The molecule has 2 aromatic heterocycles. The molecule has 7 heteroatoms. The van der Waals surface area contributed by atoms with Gasteiger partial charge < -0.3 is 4.41 Å². The predicted octanol–water partition coefficient (Wildman–Crippen LogP) is 3.80. The Labute approximate surface area is 142 Å². The van der Waals surface area contributed by atoms with Gasteiger partial charge in [0.05, 0.1) is 10.9 Å². The predicted molar refractivity (Wildman–Crippen MR) is 107 cm³/mol. The summed E-state index contributed by atoms with van der Waals surface area (Å²) >= 11 is 0. The van der Waals surface area contributed by atoms with Crippen molar-refractivity contribution in [3.63, 3.8) is 0 Å². The average Bonchev–Trinajstić information content (AvgIpc) is 2.45. The summed E-state index contributed by atoms with van der Waals surface area (Å²) in [6, 6.07) is 12.2. The standard InChI is InChI=1S/C16H27N4PSi2/c1-22(2,3)19-21(20-23(4,5)6,15-11-7-9-13-17-15)16-12-8-10-14-18-16/h7-14,19H,1-6H3. The summed E-state index contributed by atoms with van der Waals surface area (Å²) in [5.41, 5.74) is 2.06. The Kier molecular flexibility index (Phi) is 5.41. The van der Waals surface area contributed by atoms with Gasteiger partial charge in [0.25, 0.3) is 0 Å². The van der Waals surface area contributed by atoms with Crippen molar-refractivity contribution in [1.29, 1.82) is 0 Å². The van der Waals surface area contributed by atoms with Gasteiger partial charge in [-0.15, -0.1) is 0 Å². The number of aromatic nitrogens is 2. The van der Waals surface area contributed by atoms with Gasteiger partial charge in [0.15, 0.2) is 8.24 Å². The van der Waals surface area contributed by atoms with Crippen LogP contribution in [0.4, 0.5) is 0 Å². The number of nitrogens with zero attached hydrogens (tertiary/aromatic N) is 3. The van der Waals surface area contributed by atoms with E-state index in [1.165, 1.54) is 0 Å². The van der Waals surface area contributed by atoms with Crippen LogP contribution in [0.5, 0.6) is 0 Å². The van der Waals surface area contributed by atoms with Crippen LogP contribution < -0.4 is 15.6 Å². The SMILES string of the molecule is C[Si](C)(C)N=P(N[Si](C)(C)C)(c1ccccn1)c1ccccn1. The highest BCUT2D eigenvalue weighted by molar-refractivity contribution is 7.81. The van der Waals surface area contributed by atoms with Gasteiger partial charge in [0.2, 0.25) is 0 Å². The molecule has 23 heavy (non-hydrogen) atoms. The maximum Gasteiger partial charge on any atom is 0.173 e. The van der Waals surface area contributed by atoms with Crippen molar-refractivity contribution in [2.24, 2.45) is 4.41 Å². The second kappa shape index (κ2) is 6.81. The van der Waals surface area contributed by atoms with Gasteiger partial charge in [-0.2, -0.15) is 0 Å². The third-order valence-corrected chi connectivity index (χ3v) is 12.3. The van der Waals surface area contributed by atoms with Crippen LogP contribution in [0.15, 0.2) is 53.2 Å². The van der Waals surface area contributed by atoms with E-state index in [-0.39, 0.29) is 0 Å². The van der Waals surface area contributed by atoms with Crippen LogP contribution >= 0.6 is 7.21 Å². The topological polar surface area (TPSA) is 50.2 Å². The van der Waals surface area contributed by atoms with Crippen LogP contribution in [0.2, 0.25) is 39.3 Å². The maximum atomic E-state index is 5.41. The van der Waals surface area contributed by atoms with E-state index in [4.69, 9.17) is 14.4 Å². The fourth-order valence-corrected chi connectivity index (χ4v) is 13.6. The van der Waals surface area contributed by atoms with E-state index in [0.717, 1.165) is 10.9 Å². The molecule has 0 bridgehead atoms. The Morgan fingerprint density at radius 2 is 1.30 bits per heavy atom. The first-order valence-electron chi connectivity index (χ1n) is 7.89. The zero-order valence-electron chi connectivity index (χ0n) is 14.9. The van der Waals surface area contributed by atoms with Gasteiger partial charge in [-0.05, 0) is 24.3 Å². The Balaban J connectivity index is 2.82. The summed E-state index contributed by atoms with van der Waals surface area (Å²) in [5, 5.41) is 0. The minimum atomic E-state index is -2.17. The maximum absolute atomic E-state index is 5.41. The lowest BCUT2D eigenvalue weighted by atomic mass is 10.5. The van der Waals surface area contributed by atoms with Crippen LogP contribution in [0.25, 0.3) is 0 Å². The van der Waals surface area contributed by atoms with Crippen LogP contribution in [-0.4, -0.2) is 26.4 Å². The van der Waals surface area contributed by atoms with Gasteiger partial charge in [0.1, 0.15) is 15.4 Å². The molecule has 0 fully saturated rings. The van der Waals surface area contributed by atoms with Crippen LogP contribution in [0.3, 0.4) is 0 Å². The highest BCUT2D eigenvalue weighted by Gasteiger charge is 2.34. The largest absolute Gasteiger partial charge is 0.315 e. The summed E-state index contributed by atoms with van der Waals surface area (Å²) in [7, 11) is -5.48. The fourth-order valence-electron chi connectivity index (χ4n) is 2.39. The lowest BCUT2D eigenvalue weighted by molar-refractivity contribution is 1.31. The molecule has 2 aromatic rings. The van der Waals surface area contributed by atoms with Crippen LogP contribution in [0.1, 0.15) is 0 Å². The third-order valence-electron chi connectivity index (χ3n) is 2.91. The highest BCUT2D eigenvalue weighted by atomic mass is 31.2. The number of nitrogens with one attached hydrogen (secondary N) is 1. The average molecular weight is 363 g/mol. The zero-order valence-corrected chi connectivity index (χ0v) is 17.8. The lowest BCUT2D eigenvalue weighted by Gasteiger charge is -2.34. The van der Waals surface area contributed by atoms with E-state index in [1.54, 1.807) is 0 Å². The molecule has 0 aliphatic carbocycles. The fraction of sp³-hybridized carbons (Fsp3) is 0.375. The molecule has 0 saturated carbocycles. The molecule has 0 radical (unpaired) electrons. The number of hydrogen-bond donors (Lipinski definition) is 1. The number of rotatable bonds is 5. The third kappa shape index (κ3) is 4.95. The molecule has 2 rings (SSSR count). The summed E-state index contributed by atoms with van der Waals surface area (Å²) in [5.74, 6) is 0. The second-order valence-electron chi connectivity index (χ2n) is 7.64. The quantitative estimate of drug-likeness (QED) is 0.650. The molecule has 0 spiro atoms. The van der Waals surface area contributed by atoms with Crippen LogP contribution in [-0.2, 0) is 0 Å². The van der Waals surface area contributed by atoms with Gasteiger partial charge >= 0.3 is 0 Å². The molecule has 0 aliphatic heterocycles. The Morgan fingerprint density at radius 3 is 1.61 bits per heavy atom. The van der Waals surface area contributed by atoms with Crippen molar-refractivity contribution in [2.45, 2.75) is 39.3 Å². The Hall–Kier alpha value is -1.08. The van der Waals surface area contributed by atoms with Crippen molar-refractivity contribution in [1.82, 2.24) is 14.7 Å². The number of hydrogen-bond acceptors (Lipinski definition) is 3. The van der Waals surface area contributed by atoms with Crippen molar-refractivity contribution < 1.29 is 0 Å². The van der Waals surface area contributed by atoms with Crippen LogP contribution in [0, 0.1) is 0 Å². The lowest BCUT2D eigenvalue weighted by Crippen LogP contribution is -2.46. The van der Waals surface area contributed by atoms with Crippen molar-refractivity contribution in [3.05, 3.63) is 48.8 Å². The molecule has 0 aromatic carbocycles. The Morgan fingerprint density at radius 1 is 0.826 bits per heavy atom. The molecule has 2 heterocycles. The number of pyridine rings is 2. The molecule has 4 nitrogen and oxygen atoms in total. The van der Waals surface area contributed by atoms with Gasteiger partial charge in [-0.25, -0.2) is 0 Å². The smallest absolute Gasteiger partial charge is 0.173 e. The molecular formula is C16H27N4PSi2. The van der Waals surface area contributed by atoms with Gasteiger partial charge in [0, 0.05) is 12.4 Å². The van der Waals surface area contributed by atoms with E-state index in [2.05, 4.69) is 56.2 Å². The van der Waals surface area contributed by atoms with E-state index in [9.17, 15) is 0 Å². The van der Waals surface area contributed by atoms with Gasteiger partial charge in [-0.1, -0.05) is 51.4 Å². The molecule has 0 unspecified atom stereocenters. The van der Waals surface area contributed by atoms with E-state index < -0.39 is 23.7 Å². The first-order chi connectivity index (χ1) is 10.6. The van der Waals surface area contributed by atoms with E-state index in [0.29, 0.717) is 0 Å². The molecule has 0 amide bonds. The van der Waals surface area contributed by atoms with Gasteiger partial charge in [-0.3, -0.25) is 14.7 Å². The molecule has 1 N–H and O–H groups in total. The molecule has 0 atom stereocenters. The molecule has 124 valence electrons. The second-order valence-corrected chi connectivity index (χ2v) is 20.4. The summed E-state index contributed by atoms with van der Waals surface area (Å²) in [6.45, 7) is 13.8. The summed E-state index contributed by atoms with van der Waals surface area (Å²) < 4.78 is 9.37. The molecule has 0 aliphatic rings. The van der Waals surface area contributed by atoms with E-state index >= 15 is 0 Å². The van der Waals surface area contributed by atoms with Crippen molar-refractivity contribution in [3.8, 4) is 0 Å². The summed E-state index contributed by atoms with van der Waals surface area (Å²) in [4.78, 5) is 9.39. The van der Waals surface area contributed by atoms with E-state index in [1.807, 2.05) is 36.7 Å². The first-order valence-corrected chi connectivity index (χ1v) is 16.6. The van der Waals surface area contributed by atoms with Crippen molar-refractivity contribution >= 4 is 34.5 Å². The minimum absolute atomic E-state index is 1.03. The first kappa shape index (κ1) is 18.3. The van der Waals surface area contributed by atoms with Crippen molar-refractivity contribution in [2.75, 3.05) is 0 Å². The highest BCUT2D eigenvalue weighted by Crippen LogP contribution is 2.45. The summed E-state index contributed by atoms with van der Waals surface area (Å²) in [6.07, 6.45) is 3.72. The Bertz CT molecular complexity index is 648. The molecule has 0 saturated heterocycles.